The molecule has 6 rings (SSSR count). The van der Waals surface area contributed by atoms with Gasteiger partial charge in [-0.05, 0) is 35.5 Å². The molecule has 0 nitrogen and oxygen atoms in total. The Balaban J connectivity index is 0.000000229. The van der Waals surface area contributed by atoms with E-state index in [1.165, 1.54) is 82.4 Å². The van der Waals surface area contributed by atoms with Gasteiger partial charge in [0.2, 0.25) is 0 Å². The first-order valence-electron chi connectivity index (χ1n) is 16.2. The molecule has 0 bridgehead atoms. The van der Waals surface area contributed by atoms with Crippen LogP contribution in [0.15, 0.2) is 120 Å². The predicted octanol–water partition coefficient (Wildman–Crippen LogP) is 9.37. The minimum absolute atomic E-state index is 0.0258. The molecule has 0 aliphatic heterocycles. The molecule has 0 amide bonds. The van der Waals surface area contributed by atoms with Crippen LogP contribution in [0.5, 0.6) is 0 Å². The standard InChI is InChI=1S/C30H37.C13H10.Zr/c1-9-20-17-23(28(3,4)5)18-22-19-25-24(26(20)22)15-16-30(10-2,29(6,7)8)27(25)21-13-11-12-14-21;1-3-7-12(8-4-1)11-13-9-5-2-6-10-13;/h11-13,15-18H,9-10,14H2,1-8H3;1-10H;/q-1;;. The monoisotopic (exact) mass is 653 g/mol. The fourth-order valence-electron chi connectivity index (χ4n) is 6.96. The average molecular weight is 655 g/mol. The van der Waals surface area contributed by atoms with Crippen molar-refractivity contribution in [3.8, 4) is 0 Å². The molecule has 0 fully saturated rings. The predicted molar refractivity (Wildman–Crippen MR) is 187 cm³/mol. The van der Waals surface area contributed by atoms with Crippen LogP contribution < -0.4 is 10.4 Å². The van der Waals surface area contributed by atoms with Crippen LogP contribution in [0, 0.1) is 10.8 Å². The van der Waals surface area contributed by atoms with Crippen LogP contribution in [0.1, 0.15) is 90.5 Å². The summed E-state index contributed by atoms with van der Waals surface area (Å²) < 4.78 is 1.42. The van der Waals surface area contributed by atoms with Crippen LogP contribution >= 0.6 is 0 Å². The molecule has 0 heterocycles. The molecule has 0 N–H and O–H groups in total. The third-order valence-electron chi connectivity index (χ3n) is 9.61. The van der Waals surface area contributed by atoms with Gasteiger partial charge in [-0.15, -0.1) is 33.7 Å². The van der Waals surface area contributed by atoms with Crippen LogP contribution in [0.3, 0.4) is 0 Å². The number of hydrogen-bond acceptors (Lipinski definition) is 0. The van der Waals surface area contributed by atoms with Gasteiger partial charge in [0, 0.05) is 0 Å². The van der Waals surface area contributed by atoms with Gasteiger partial charge in [0.15, 0.2) is 0 Å². The molecule has 0 saturated carbocycles. The second-order valence-corrected chi connectivity index (χ2v) is 15.5. The summed E-state index contributed by atoms with van der Waals surface area (Å²) in [6, 6.07) is 25.9. The Morgan fingerprint density at radius 3 is 1.95 bits per heavy atom. The van der Waals surface area contributed by atoms with E-state index < -0.39 is 0 Å². The fraction of sp³-hybridized carbons (Fsp3) is 0.326. The molecule has 0 aromatic heterocycles. The van der Waals surface area contributed by atoms with Gasteiger partial charge in [-0.1, -0.05) is 114 Å². The maximum absolute atomic E-state index is 3.93. The van der Waals surface area contributed by atoms with Crippen molar-refractivity contribution < 1.29 is 24.2 Å². The summed E-state index contributed by atoms with van der Waals surface area (Å²) in [6.07, 6.45) is 18.9. The summed E-state index contributed by atoms with van der Waals surface area (Å²) in [6.45, 7) is 18.7. The summed E-state index contributed by atoms with van der Waals surface area (Å²) in [7, 11) is 0. The van der Waals surface area contributed by atoms with Crippen molar-refractivity contribution in [1.29, 1.82) is 0 Å². The third kappa shape index (κ3) is 6.15. The summed E-state index contributed by atoms with van der Waals surface area (Å²) in [5.74, 6) is 0. The Morgan fingerprint density at radius 2 is 1.48 bits per heavy atom. The summed E-state index contributed by atoms with van der Waals surface area (Å²) in [4.78, 5) is 0. The molecule has 0 spiro atoms. The van der Waals surface area contributed by atoms with E-state index in [0.717, 1.165) is 19.3 Å². The van der Waals surface area contributed by atoms with Gasteiger partial charge in [0.1, 0.15) is 0 Å². The Bertz CT molecular complexity index is 1750. The van der Waals surface area contributed by atoms with Gasteiger partial charge in [0.05, 0.1) is 0 Å². The first-order chi connectivity index (χ1) is 20.9. The first kappa shape index (κ1) is 32.5. The molecule has 1 atom stereocenters. The van der Waals surface area contributed by atoms with Crippen molar-refractivity contribution >= 4 is 14.9 Å². The first-order valence-corrected chi connectivity index (χ1v) is 17.5. The van der Waals surface area contributed by atoms with E-state index in [0.29, 0.717) is 0 Å². The third-order valence-corrected chi connectivity index (χ3v) is 11.0. The Kier molecular flexibility index (Phi) is 9.49. The van der Waals surface area contributed by atoms with E-state index in [-0.39, 0.29) is 16.2 Å². The van der Waals surface area contributed by atoms with Gasteiger partial charge >= 0.3 is 99.2 Å². The molecule has 1 heteroatoms. The molecular formula is C43H47Zr-. The molecule has 3 aromatic carbocycles. The normalized spacial score (nSPS) is 18.7. The number of allylic oxidation sites excluding steroid dienone is 8. The van der Waals surface area contributed by atoms with Crippen LogP contribution in [0.25, 0.3) is 11.6 Å². The molecule has 3 aliphatic rings. The molecule has 0 radical (unpaired) electrons. The van der Waals surface area contributed by atoms with Gasteiger partial charge in [-0.3, -0.25) is 0 Å². The Morgan fingerprint density at radius 1 is 0.864 bits per heavy atom. The van der Waals surface area contributed by atoms with E-state index in [4.69, 9.17) is 0 Å². The number of benzene rings is 3. The average Bonchev–Trinajstić information content (AvgIpc) is 3.68. The van der Waals surface area contributed by atoms with Gasteiger partial charge in [0.25, 0.3) is 0 Å². The SMILES string of the molecule is CCc1cc(C(C)(C)C)cc2c1=C1C=CC(CC)(C(C)(C)C)C(C3=CC=CC3)=C1[C-]=2.[Zr]=[C](c1ccccc1)c1ccccc1. The Hall–Kier alpha value is -2.89. The second kappa shape index (κ2) is 12.8. The van der Waals surface area contributed by atoms with E-state index in [1.807, 2.05) is 0 Å². The molecule has 44 heavy (non-hydrogen) atoms. The quantitative estimate of drug-likeness (QED) is 0.241. The van der Waals surface area contributed by atoms with E-state index in [9.17, 15) is 0 Å². The van der Waals surface area contributed by atoms with Crippen molar-refractivity contribution in [3.05, 3.63) is 153 Å². The summed E-state index contributed by atoms with van der Waals surface area (Å²) in [5.41, 5.74) is 11.5. The topological polar surface area (TPSA) is 0 Å². The summed E-state index contributed by atoms with van der Waals surface area (Å²) >= 11 is 1.46. The maximum atomic E-state index is 3.93. The summed E-state index contributed by atoms with van der Waals surface area (Å²) in [5, 5.41) is 2.71. The zero-order valence-electron chi connectivity index (χ0n) is 27.9. The van der Waals surface area contributed by atoms with Crippen LogP contribution in [0.2, 0.25) is 0 Å². The van der Waals surface area contributed by atoms with Crippen LogP contribution in [-0.2, 0) is 36.1 Å². The Labute approximate surface area is 281 Å². The molecule has 224 valence electrons. The van der Waals surface area contributed by atoms with Gasteiger partial charge in [-0.2, -0.15) is 0 Å². The molecule has 1 unspecified atom stereocenters. The van der Waals surface area contributed by atoms with Crippen molar-refractivity contribution in [1.82, 2.24) is 0 Å². The van der Waals surface area contributed by atoms with Gasteiger partial charge in [-0.25, -0.2) is 0 Å². The van der Waals surface area contributed by atoms with Crippen molar-refractivity contribution in [2.45, 2.75) is 80.1 Å². The zero-order chi connectivity index (χ0) is 31.7. The van der Waals surface area contributed by atoms with Crippen LogP contribution in [-0.4, -0.2) is 3.21 Å². The number of rotatable bonds is 5. The van der Waals surface area contributed by atoms with Gasteiger partial charge < -0.3 is 0 Å². The van der Waals surface area contributed by atoms with E-state index >= 15 is 0 Å². The van der Waals surface area contributed by atoms with E-state index in [2.05, 4.69) is 165 Å². The molecule has 0 saturated heterocycles. The van der Waals surface area contributed by atoms with E-state index in [1.54, 1.807) is 0 Å². The number of aryl methyl sites for hydroxylation is 1. The minimum atomic E-state index is 0.0258. The zero-order valence-corrected chi connectivity index (χ0v) is 30.4. The molecular weight excluding hydrogens is 608 g/mol. The van der Waals surface area contributed by atoms with Crippen molar-refractivity contribution in [3.63, 3.8) is 0 Å². The molecule has 3 aromatic rings. The second-order valence-electron chi connectivity index (χ2n) is 14.3. The molecule has 3 aliphatic carbocycles. The number of fused-ring (bicyclic) bond motifs is 2. The fourth-order valence-corrected chi connectivity index (χ4v) is 7.78. The van der Waals surface area contributed by atoms with Crippen molar-refractivity contribution in [2.24, 2.45) is 10.8 Å². The van der Waals surface area contributed by atoms with Crippen LogP contribution in [0.4, 0.5) is 0 Å². The van der Waals surface area contributed by atoms with Crippen molar-refractivity contribution in [2.75, 3.05) is 0 Å². The number of hydrogen-bond donors (Lipinski definition) is 0.